The monoisotopic (exact) mass is 251 g/mol. The van der Waals surface area contributed by atoms with Gasteiger partial charge in [-0.3, -0.25) is 4.79 Å². The van der Waals surface area contributed by atoms with E-state index in [0.29, 0.717) is 17.2 Å². The molecule has 90 valence electrons. The average Bonchev–Trinajstić information content (AvgIpc) is 2.67. The number of carbonyl (C=O) groups is 1. The van der Waals surface area contributed by atoms with Crippen molar-refractivity contribution in [3.8, 4) is 0 Å². The van der Waals surface area contributed by atoms with Crippen molar-refractivity contribution in [3.63, 3.8) is 0 Å². The summed E-state index contributed by atoms with van der Waals surface area (Å²) in [7, 11) is 1.68. The number of rotatable bonds is 5. The summed E-state index contributed by atoms with van der Waals surface area (Å²) < 4.78 is 7.07. The van der Waals surface area contributed by atoms with Gasteiger partial charge in [0.1, 0.15) is 0 Å². The maximum atomic E-state index is 11.0. The number of methoxy groups -OCH3 is 1. The lowest BCUT2D eigenvalue weighted by Crippen LogP contribution is -1.99. The number of carbonyl (C=O) groups excluding carboxylic acids is 1. The minimum atomic E-state index is 0.682. The van der Waals surface area contributed by atoms with Gasteiger partial charge in [-0.25, -0.2) is 0 Å². The number of hydrogen-bond acceptors (Lipinski definition) is 2. The fourth-order valence-electron chi connectivity index (χ4n) is 1.95. The highest BCUT2D eigenvalue weighted by atomic mass is 35.5. The first-order chi connectivity index (χ1) is 8.26. The van der Waals surface area contributed by atoms with Crippen LogP contribution in [0.5, 0.6) is 0 Å². The van der Waals surface area contributed by atoms with E-state index in [9.17, 15) is 4.79 Å². The maximum absolute atomic E-state index is 11.0. The molecule has 17 heavy (non-hydrogen) atoms. The van der Waals surface area contributed by atoms with Crippen LogP contribution in [0.1, 0.15) is 16.8 Å². The van der Waals surface area contributed by atoms with Crippen molar-refractivity contribution >= 4 is 28.8 Å². The fraction of sp³-hybridized carbons (Fsp3) is 0.308. The van der Waals surface area contributed by atoms with E-state index in [0.717, 1.165) is 30.2 Å². The van der Waals surface area contributed by atoms with E-state index in [1.165, 1.54) is 0 Å². The third-order valence-corrected chi connectivity index (χ3v) is 2.98. The molecule has 0 bridgehead atoms. The summed E-state index contributed by atoms with van der Waals surface area (Å²) in [6.45, 7) is 1.52. The summed E-state index contributed by atoms with van der Waals surface area (Å²) in [6, 6.07) is 5.57. The number of hydrogen-bond donors (Lipinski definition) is 0. The van der Waals surface area contributed by atoms with Crippen molar-refractivity contribution in [3.05, 3.63) is 35.0 Å². The minimum absolute atomic E-state index is 0.682. The topological polar surface area (TPSA) is 31.2 Å². The third kappa shape index (κ3) is 2.51. The molecule has 0 aliphatic heterocycles. The van der Waals surface area contributed by atoms with Gasteiger partial charge in [0, 0.05) is 42.4 Å². The number of aryl methyl sites for hydroxylation is 1. The Labute approximate surface area is 105 Å². The van der Waals surface area contributed by atoms with Crippen molar-refractivity contribution < 1.29 is 9.53 Å². The second-order valence-corrected chi connectivity index (χ2v) is 4.34. The van der Waals surface area contributed by atoms with E-state index in [1.807, 2.05) is 22.9 Å². The summed E-state index contributed by atoms with van der Waals surface area (Å²) >= 11 is 5.98. The summed E-state index contributed by atoms with van der Waals surface area (Å²) in [5.74, 6) is 0. The van der Waals surface area contributed by atoms with Gasteiger partial charge < -0.3 is 9.30 Å². The van der Waals surface area contributed by atoms with Gasteiger partial charge in [-0.15, -0.1) is 0 Å². The minimum Gasteiger partial charge on any atom is -0.385 e. The van der Waals surface area contributed by atoms with Crippen molar-refractivity contribution in [2.75, 3.05) is 13.7 Å². The molecule has 2 rings (SSSR count). The standard InChI is InChI=1S/C13H14ClNO2/c1-17-6-2-5-15-8-10(9-16)12-4-3-11(14)7-13(12)15/h3-4,7-9H,2,5-6H2,1H3. The fourth-order valence-corrected chi connectivity index (χ4v) is 2.12. The quantitative estimate of drug-likeness (QED) is 0.604. The van der Waals surface area contributed by atoms with E-state index < -0.39 is 0 Å². The number of halogens is 1. The third-order valence-electron chi connectivity index (χ3n) is 2.75. The molecule has 0 fully saturated rings. The molecule has 2 aromatic rings. The van der Waals surface area contributed by atoms with Crippen LogP contribution in [-0.2, 0) is 11.3 Å². The van der Waals surface area contributed by atoms with Crippen LogP contribution in [-0.4, -0.2) is 24.6 Å². The highest BCUT2D eigenvalue weighted by Gasteiger charge is 2.07. The van der Waals surface area contributed by atoms with Gasteiger partial charge in [-0.1, -0.05) is 17.7 Å². The molecule has 0 saturated heterocycles. The summed E-state index contributed by atoms with van der Waals surface area (Å²) in [5, 5.41) is 1.63. The molecule has 0 radical (unpaired) electrons. The van der Waals surface area contributed by atoms with Gasteiger partial charge in [-0.2, -0.15) is 0 Å². The Bertz CT molecular complexity index is 533. The number of fused-ring (bicyclic) bond motifs is 1. The lowest BCUT2D eigenvalue weighted by molar-refractivity contribution is 0.112. The van der Waals surface area contributed by atoms with Crippen LogP contribution in [0.2, 0.25) is 5.02 Å². The zero-order valence-corrected chi connectivity index (χ0v) is 10.4. The first kappa shape index (κ1) is 12.1. The molecule has 0 N–H and O–H groups in total. The molecule has 0 aliphatic rings. The van der Waals surface area contributed by atoms with Gasteiger partial charge in [0.2, 0.25) is 0 Å². The zero-order valence-electron chi connectivity index (χ0n) is 9.65. The lowest BCUT2D eigenvalue weighted by atomic mass is 10.2. The number of aromatic nitrogens is 1. The van der Waals surface area contributed by atoms with Crippen LogP contribution in [0.25, 0.3) is 10.9 Å². The molecule has 4 heteroatoms. The zero-order chi connectivity index (χ0) is 12.3. The summed E-state index contributed by atoms with van der Waals surface area (Å²) in [6.07, 6.45) is 3.65. The molecule has 0 spiro atoms. The van der Waals surface area contributed by atoms with Gasteiger partial charge in [0.05, 0.1) is 5.52 Å². The first-order valence-electron chi connectivity index (χ1n) is 5.49. The van der Waals surface area contributed by atoms with Crippen LogP contribution in [0.4, 0.5) is 0 Å². The Balaban J connectivity index is 2.40. The Morgan fingerprint density at radius 3 is 3.00 bits per heavy atom. The van der Waals surface area contributed by atoms with Crippen molar-refractivity contribution in [1.29, 1.82) is 0 Å². The number of aldehydes is 1. The van der Waals surface area contributed by atoms with Crippen LogP contribution in [0, 0.1) is 0 Å². The van der Waals surface area contributed by atoms with E-state index >= 15 is 0 Å². The summed E-state index contributed by atoms with van der Waals surface area (Å²) in [5.41, 5.74) is 1.70. The van der Waals surface area contributed by atoms with Crippen molar-refractivity contribution in [2.45, 2.75) is 13.0 Å². The highest BCUT2D eigenvalue weighted by Crippen LogP contribution is 2.24. The van der Waals surface area contributed by atoms with Crippen LogP contribution >= 0.6 is 11.6 Å². The number of ether oxygens (including phenoxy) is 1. The Kier molecular flexibility index (Phi) is 3.82. The van der Waals surface area contributed by atoms with E-state index in [4.69, 9.17) is 16.3 Å². The van der Waals surface area contributed by atoms with Crippen molar-refractivity contribution in [2.24, 2.45) is 0 Å². The largest absolute Gasteiger partial charge is 0.385 e. The van der Waals surface area contributed by atoms with Gasteiger partial charge in [0.25, 0.3) is 0 Å². The molecule has 0 unspecified atom stereocenters. The Morgan fingerprint density at radius 1 is 1.47 bits per heavy atom. The number of nitrogens with zero attached hydrogens (tertiary/aromatic N) is 1. The second-order valence-electron chi connectivity index (χ2n) is 3.90. The molecular formula is C13H14ClNO2. The molecular weight excluding hydrogens is 238 g/mol. The van der Waals surface area contributed by atoms with Crippen LogP contribution in [0.3, 0.4) is 0 Å². The number of benzene rings is 1. The van der Waals surface area contributed by atoms with Crippen molar-refractivity contribution in [1.82, 2.24) is 4.57 Å². The molecule has 1 heterocycles. The SMILES string of the molecule is COCCCn1cc(C=O)c2ccc(Cl)cc21. The molecule has 0 atom stereocenters. The normalized spacial score (nSPS) is 10.9. The molecule has 1 aromatic heterocycles. The van der Waals surface area contributed by atoms with Crippen LogP contribution in [0.15, 0.2) is 24.4 Å². The molecule has 1 aromatic carbocycles. The van der Waals surface area contributed by atoms with Gasteiger partial charge in [-0.05, 0) is 18.6 Å². The van der Waals surface area contributed by atoms with Gasteiger partial charge >= 0.3 is 0 Å². The molecule has 0 saturated carbocycles. The highest BCUT2D eigenvalue weighted by molar-refractivity contribution is 6.31. The van der Waals surface area contributed by atoms with Gasteiger partial charge in [0.15, 0.2) is 6.29 Å². The first-order valence-corrected chi connectivity index (χ1v) is 5.86. The molecule has 0 amide bonds. The van der Waals surface area contributed by atoms with E-state index in [-0.39, 0.29) is 0 Å². The maximum Gasteiger partial charge on any atom is 0.152 e. The predicted molar refractivity (Wildman–Crippen MR) is 68.8 cm³/mol. The summed E-state index contributed by atoms with van der Waals surface area (Å²) in [4.78, 5) is 11.0. The average molecular weight is 252 g/mol. The van der Waals surface area contributed by atoms with E-state index in [2.05, 4.69) is 0 Å². The smallest absolute Gasteiger partial charge is 0.152 e. The Hall–Kier alpha value is -1.32. The second kappa shape index (κ2) is 5.34. The molecule has 3 nitrogen and oxygen atoms in total. The Morgan fingerprint density at radius 2 is 2.29 bits per heavy atom. The molecule has 0 aliphatic carbocycles. The predicted octanol–water partition coefficient (Wildman–Crippen LogP) is 3.14. The van der Waals surface area contributed by atoms with Crippen LogP contribution < -0.4 is 0 Å². The van der Waals surface area contributed by atoms with E-state index in [1.54, 1.807) is 13.2 Å². The lowest BCUT2D eigenvalue weighted by Gasteiger charge is -2.04.